The number of nitrogens with zero attached hydrogens (tertiary/aromatic N) is 4. The summed E-state index contributed by atoms with van der Waals surface area (Å²) in [7, 11) is 0. The van der Waals surface area contributed by atoms with Crippen molar-refractivity contribution in [2.45, 2.75) is 38.6 Å². The average molecular weight is 366 g/mol. The summed E-state index contributed by atoms with van der Waals surface area (Å²) in [6.07, 6.45) is 4.86. The van der Waals surface area contributed by atoms with Crippen LogP contribution in [0.2, 0.25) is 0 Å². The van der Waals surface area contributed by atoms with Gasteiger partial charge in [0.05, 0.1) is 0 Å². The van der Waals surface area contributed by atoms with E-state index in [-0.39, 0.29) is 6.03 Å². The van der Waals surface area contributed by atoms with E-state index < -0.39 is 0 Å². The Morgan fingerprint density at radius 1 is 1.26 bits per heavy atom. The zero-order valence-corrected chi connectivity index (χ0v) is 15.7. The highest BCUT2D eigenvalue weighted by molar-refractivity contribution is 5.79. The number of carbonyl (C=O) groups is 1. The molecule has 7 nitrogen and oxygen atoms in total. The Hall–Kier alpha value is -2.83. The summed E-state index contributed by atoms with van der Waals surface area (Å²) in [6, 6.07) is 10.5. The quantitative estimate of drug-likeness (QED) is 0.681. The van der Waals surface area contributed by atoms with Crippen molar-refractivity contribution in [2.75, 3.05) is 19.6 Å². The number of nitrogens with one attached hydrogen (secondary N) is 2. The lowest BCUT2D eigenvalue weighted by Gasteiger charge is -2.30. The van der Waals surface area contributed by atoms with Crippen molar-refractivity contribution in [1.29, 1.82) is 0 Å². The number of aryl methyl sites for hydroxylation is 2. The van der Waals surface area contributed by atoms with E-state index in [2.05, 4.69) is 61.6 Å². The summed E-state index contributed by atoms with van der Waals surface area (Å²) in [5.41, 5.74) is 1.24. The van der Waals surface area contributed by atoms with Crippen molar-refractivity contribution in [2.24, 2.45) is 0 Å². The van der Waals surface area contributed by atoms with Crippen molar-refractivity contribution >= 4 is 16.9 Å². The Morgan fingerprint density at radius 3 is 2.85 bits per heavy atom. The molecule has 0 unspecified atom stereocenters. The maximum atomic E-state index is 12.4. The lowest BCUT2D eigenvalue weighted by Crippen LogP contribution is -2.44. The minimum Gasteiger partial charge on any atom is -0.347 e. The molecule has 0 atom stereocenters. The van der Waals surface area contributed by atoms with E-state index in [0.717, 1.165) is 50.5 Å². The molecule has 0 aliphatic carbocycles. The molecular weight excluding hydrogens is 340 g/mol. The number of amides is 2. The van der Waals surface area contributed by atoms with Gasteiger partial charge in [0.25, 0.3) is 0 Å². The van der Waals surface area contributed by atoms with Gasteiger partial charge in [-0.2, -0.15) is 5.10 Å². The molecule has 0 saturated carbocycles. The fourth-order valence-electron chi connectivity index (χ4n) is 3.78. The van der Waals surface area contributed by atoms with Gasteiger partial charge in [-0.3, -0.25) is 5.10 Å². The van der Waals surface area contributed by atoms with E-state index in [4.69, 9.17) is 0 Å². The van der Waals surface area contributed by atoms with E-state index in [0.29, 0.717) is 12.5 Å². The topological polar surface area (TPSA) is 78.8 Å². The standard InChI is InChI=1S/C20H26N6O/c1-15-22-19(24-23-15)17-8-13-26(14-9-17)20(27)21-10-4-11-25-12-7-16-5-2-3-6-18(16)25/h2-3,5-7,12,17H,4,8-11,13-14H2,1H3,(H,21,27)(H,22,23,24). The molecule has 0 radical (unpaired) electrons. The number of para-hydroxylation sites is 1. The molecule has 3 heterocycles. The highest BCUT2D eigenvalue weighted by Crippen LogP contribution is 2.25. The average Bonchev–Trinajstić information content (AvgIpc) is 3.32. The van der Waals surface area contributed by atoms with Crippen LogP contribution in [0.1, 0.15) is 36.8 Å². The first kappa shape index (κ1) is 17.6. The van der Waals surface area contributed by atoms with Gasteiger partial charge < -0.3 is 14.8 Å². The summed E-state index contributed by atoms with van der Waals surface area (Å²) >= 11 is 0. The van der Waals surface area contributed by atoms with Gasteiger partial charge in [-0.15, -0.1) is 0 Å². The number of hydrogen-bond acceptors (Lipinski definition) is 3. The molecule has 2 aromatic heterocycles. The molecule has 1 aliphatic rings. The van der Waals surface area contributed by atoms with Gasteiger partial charge in [0.2, 0.25) is 0 Å². The molecule has 3 aromatic rings. The van der Waals surface area contributed by atoms with Crippen LogP contribution in [0.15, 0.2) is 36.5 Å². The van der Waals surface area contributed by atoms with Crippen LogP contribution < -0.4 is 5.32 Å². The van der Waals surface area contributed by atoms with Gasteiger partial charge >= 0.3 is 6.03 Å². The predicted molar refractivity (Wildman–Crippen MR) is 105 cm³/mol. The number of urea groups is 1. The first-order valence-corrected chi connectivity index (χ1v) is 9.66. The van der Waals surface area contributed by atoms with Crippen LogP contribution in [0.25, 0.3) is 10.9 Å². The van der Waals surface area contributed by atoms with Gasteiger partial charge in [-0.1, -0.05) is 18.2 Å². The van der Waals surface area contributed by atoms with Crippen LogP contribution in [0.3, 0.4) is 0 Å². The van der Waals surface area contributed by atoms with Gasteiger partial charge in [0.1, 0.15) is 5.82 Å². The molecular formula is C20H26N6O. The zero-order valence-electron chi connectivity index (χ0n) is 15.7. The van der Waals surface area contributed by atoms with Crippen LogP contribution in [0.5, 0.6) is 0 Å². The highest BCUT2D eigenvalue weighted by Gasteiger charge is 2.25. The monoisotopic (exact) mass is 366 g/mol. The fourth-order valence-corrected chi connectivity index (χ4v) is 3.78. The van der Waals surface area contributed by atoms with Gasteiger partial charge in [0, 0.05) is 43.8 Å². The molecule has 2 N–H and O–H groups in total. The first-order chi connectivity index (χ1) is 13.2. The van der Waals surface area contributed by atoms with Crippen molar-refractivity contribution in [3.05, 3.63) is 48.2 Å². The predicted octanol–water partition coefficient (Wildman–Crippen LogP) is 3.05. The Bertz CT molecular complexity index is 906. The molecule has 1 aromatic carbocycles. The number of fused-ring (bicyclic) bond motifs is 1. The lowest BCUT2D eigenvalue weighted by atomic mass is 9.96. The van der Waals surface area contributed by atoms with E-state index in [1.807, 2.05) is 11.8 Å². The Labute approximate surface area is 158 Å². The minimum atomic E-state index is 0.0389. The Kier molecular flexibility index (Phi) is 5.09. The second kappa shape index (κ2) is 7.82. The third-order valence-corrected chi connectivity index (χ3v) is 5.29. The number of benzene rings is 1. The number of aromatic amines is 1. The molecule has 4 rings (SSSR count). The van der Waals surface area contributed by atoms with E-state index in [1.54, 1.807) is 0 Å². The van der Waals surface area contributed by atoms with E-state index in [1.165, 1.54) is 10.9 Å². The molecule has 27 heavy (non-hydrogen) atoms. The van der Waals surface area contributed by atoms with Crippen molar-refractivity contribution in [3.63, 3.8) is 0 Å². The van der Waals surface area contributed by atoms with Crippen molar-refractivity contribution in [1.82, 2.24) is 30.0 Å². The van der Waals surface area contributed by atoms with Gasteiger partial charge in [0.15, 0.2) is 5.82 Å². The maximum absolute atomic E-state index is 12.4. The van der Waals surface area contributed by atoms with Gasteiger partial charge in [-0.05, 0) is 43.7 Å². The fraction of sp³-hybridized carbons (Fsp3) is 0.450. The number of piperidine rings is 1. The van der Waals surface area contributed by atoms with Crippen LogP contribution in [-0.4, -0.2) is 50.3 Å². The largest absolute Gasteiger partial charge is 0.347 e. The van der Waals surface area contributed by atoms with E-state index in [9.17, 15) is 4.79 Å². The highest BCUT2D eigenvalue weighted by atomic mass is 16.2. The molecule has 142 valence electrons. The summed E-state index contributed by atoms with van der Waals surface area (Å²) in [6.45, 7) is 5.01. The summed E-state index contributed by atoms with van der Waals surface area (Å²) in [5, 5.41) is 11.5. The molecule has 0 spiro atoms. The number of rotatable bonds is 5. The van der Waals surface area contributed by atoms with Gasteiger partial charge in [-0.25, -0.2) is 9.78 Å². The minimum absolute atomic E-state index is 0.0389. The Morgan fingerprint density at radius 2 is 2.07 bits per heavy atom. The van der Waals surface area contributed by atoms with Crippen molar-refractivity contribution in [3.8, 4) is 0 Å². The molecule has 7 heteroatoms. The molecule has 2 amide bonds. The molecule has 0 bridgehead atoms. The van der Waals surface area contributed by atoms with E-state index >= 15 is 0 Å². The third-order valence-electron chi connectivity index (χ3n) is 5.29. The lowest BCUT2D eigenvalue weighted by molar-refractivity contribution is 0.180. The number of likely N-dealkylation sites (tertiary alicyclic amines) is 1. The molecule has 1 saturated heterocycles. The summed E-state index contributed by atoms with van der Waals surface area (Å²) in [5.74, 6) is 2.08. The SMILES string of the molecule is Cc1nc(C2CCN(C(=O)NCCCn3ccc4ccccc43)CC2)n[nH]1. The summed E-state index contributed by atoms with van der Waals surface area (Å²) in [4.78, 5) is 18.7. The first-order valence-electron chi connectivity index (χ1n) is 9.66. The number of aromatic nitrogens is 4. The molecule has 1 fully saturated rings. The summed E-state index contributed by atoms with van der Waals surface area (Å²) < 4.78 is 2.24. The maximum Gasteiger partial charge on any atom is 0.317 e. The van der Waals surface area contributed by atoms with Crippen LogP contribution in [-0.2, 0) is 6.54 Å². The van der Waals surface area contributed by atoms with Crippen LogP contribution in [0, 0.1) is 6.92 Å². The normalized spacial score (nSPS) is 15.4. The third kappa shape index (κ3) is 3.97. The zero-order chi connectivity index (χ0) is 18.6. The second-order valence-corrected chi connectivity index (χ2v) is 7.19. The molecule has 1 aliphatic heterocycles. The smallest absolute Gasteiger partial charge is 0.317 e. The van der Waals surface area contributed by atoms with Crippen LogP contribution >= 0.6 is 0 Å². The Balaban J connectivity index is 1.20. The van der Waals surface area contributed by atoms with Crippen molar-refractivity contribution < 1.29 is 4.79 Å². The number of hydrogen-bond donors (Lipinski definition) is 2. The number of H-pyrrole nitrogens is 1. The number of carbonyl (C=O) groups excluding carboxylic acids is 1. The second-order valence-electron chi connectivity index (χ2n) is 7.19. The van der Waals surface area contributed by atoms with Crippen LogP contribution in [0.4, 0.5) is 4.79 Å².